The van der Waals surface area contributed by atoms with Crippen molar-refractivity contribution in [1.29, 1.82) is 0 Å². The first-order valence-electron chi connectivity index (χ1n) is 9.16. The fourth-order valence-electron chi connectivity index (χ4n) is 4.20. The van der Waals surface area contributed by atoms with Crippen LogP contribution < -0.4 is 4.90 Å². The number of hydrogen-bond acceptors (Lipinski definition) is 3. The monoisotopic (exact) mass is 362 g/mol. The smallest absolute Gasteiger partial charge is 0.195 e. The summed E-state index contributed by atoms with van der Waals surface area (Å²) in [7, 11) is 0. The lowest BCUT2D eigenvalue weighted by Gasteiger charge is -2.32. The Balaban J connectivity index is 1.81. The molecule has 26 heavy (non-hydrogen) atoms. The van der Waals surface area contributed by atoms with Crippen LogP contribution in [0.2, 0.25) is 5.02 Å². The lowest BCUT2D eigenvalue weighted by molar-refractivity contribution is 0.104. The number of ketones is 1. The van der Waals surface area contributed by atoms with E-state index in [4.69, 9.17) is 16.6 Å². The van der Waals surface area contributed by atoms with Crippen LogP contribution in [0.25, 0.3) is 22.0 Å². The molecule has 2 aliphatic rings. The van der Waals surface area contributed by atoms with Crippen LogP contribution in [0.3, 0.4) is 0 Å². The number of benzene rings is 2. The molecule has 3 nitrogen and oxygen atoms in total. The molecule has 1 aliphatic heterocycles. The van der Waals surface area contributed by atoms with E-state index in [2.05, 4.69) is 11.8 Å². The molecule has 130 valence electrons. The molecule has 0 atom stereocenters. The number of hydrogen-bond donors (Lipinski definition) is 0. The van der Waals surface area contributed by atoms with Crippen molar-refractivity contribution in [3.63, 3.8) is 0 Å². The molecule has 4 heteroatoms. The zero-order chi connectivity index (χ0) is 17.8. The first-order valence-corrected chi connectivity index (χ1v) is 9.53. The molecule has 5 rings (SSSR count). The number of carbonyl (C=O) groups is 1. The van der Waals surface area contributed by atoms with Crippen LogP contribution in [0, 0.1) is 5.92 Å². The van der Waals surface area contributed by atoms with Crippen LogP contribution in [0.5, 0.6) is 0 Å². The van der Waals surface area contributed by atoms with Crippen LogP contribution in [-0.2, 0) is 0 Å². The highest BCUT2D eigenvalue weighted by atomic mass is 35.5. The summed E-state index contributed by atoms with van der Waals surface area (Å²) >= 11 is 6.18. The molecule has 1 aliphatic carbocycles. The second kappa shape index (κ2) is 5.82. The van der Waals surface area contributed by atoms with Crippen molar-refractivity contribution < 1.29 is 4.79 Å². The summed E-state index contributed by atoms with van der Waals surface area (Å²) in [5, 5.41) is 1.52. The third-order valence-corrected chi connectivity index (χ3v) is 5.91. The first kappa shape index (κ1) is 15.8. The number of para-hydroxylation sites is 1. The van der Waals surface area contributed by atoms with Gasteiger partial charge < -0.3 is 4.90 Å². The number of pyridine rings is 1. The van der Waals surface area contributed by atoms with Crippen molar-refractivity contribution in [3.8, 4) is 11.1 Å². The summed E-state index contributed by atoms with van der Waals surface area (Å²) in [6.07, 6.45) is 2.31. The highest BCUT2D eigenvalue weighted by Crippen LogP contribution is 2.46. The molecule has 0 radical (unpaired) electrons. The Morgan fingerprint density at radius 1 is 1.04 bits per heavy atom. The van der Waals surface area contributed by atoms with Gasteiger partial charge in [-0.3, -0.25) is 4.79 Å². The predicted molar refractivity (Wildman–Crippen MR) is 106 cm³/mol. The van der Waals surface area contributed by atoms with Crippen molar-refractivity contribution in [2.75, 3.05) is 18.0 Å². The fraction of sp³-hybridized carbons (Fsp3) is 0.273. The van der Waals surface area contributed by atoms with Gasteiger partial charge >= 0.3 is 0 Å². The molecular weight excluding hydrogens is 344 g/mol. The predicted octanol–water partition coefficient (Wildman–Crippen LogP) is 5.34. The minimum atomic E-state index is 0.0581. The van der Waals surface area contributed by atoms with Gasteiger partial charge in [0.1, 0.15) is 5.82 Å². The number of fused-ring (bicyclic) bond motifs is 5. The highest BCUT2D eigenvalue weighted by molar-refractivity contribution is 6.33. The summed E-state index contributed by atoms with van der Waals surface area (Å²) in [6, 6.07) is 13.6. The maximum absolute atomic E-state index is 13.2. The van der Waals surface area contributed by atoms with Gasteiger partial charge in [0.2, 0.25) is 0 Å². The third kappa shape index (κ3) is 2.27. The number of carbonyl (C=O) groups excluding carboxylic acids is 1. The Hall–Kier alpha value is -2.39. The fourth-order valence-corrected chi connectivity index (χ4v) is 4.37. The third-order valence-electron chi connectivity index (χ3n) is 5.68. The lowest BCUT2D eigenvalue weighted by Crippen LogP contribution is -2.33. The number of nitrogens with zero attached hydrogens (tertiary/aromatic N) is 2. The molecule has 2 aromatic carbocycles. The second-order valence-corrected chi connectivity index (χ2v) is 7.83. The Labute approximate surface area is 157 Å². The molecule has 0 unspecified atom stereocenters. The van der Waals surface area contributed by atoms with E-state index in [1.165, 1.54) is 0 Å². The summed E-state index contributed by atoms with van der Waals surface area (Å²) < 4.78 is 0. The average molecular weight is 363 g/mol. The van der Waals surface area contributed by atoms with E-state index in [1.807, 2.05) is 36.4 Å². The molecule has 1 aromatic heterocycles. The van der Waals surface area contributed by atoms with Crippen LogP contribution in [0.15, 0.2) is 42.5 Å². The molecule has 0 bridgehead atoms. The van der Waals surface area contributed by atoms with Gasteiger partial charge in [-0.1, -0.05) is 42.8 Å². The van der Waals surface area contributed by atoms with E-state index in [0.717, 1.165) is 65.3 Å². The second-order valence-electron chi connectivity index (χ2n) is 7.39. The van der Waals surface area contributed by atoms with Crippen LogP contribution in [0.4, 0.5) is 5.82 Å². The maximum atomic E-state index is 13.2. The Morgan fingerprint density at radius 3 is 2.62 bits per heavy atom. The Kier molecular flexibility index (Phi) is 3.54. The van der Waals surface area contributed by atoms with Gasteiger partial charge in [-0.05, 0) is 42.5 Å². The van der Waals surface area contributed by atoms with Crippen LogP contribution in [0.1, 0.15) is 35.7 Å². The molecule has 3 aromatic rings. The zero-order valence-electron chi connectivity index (χ0n) is 14.6. The quantitative estimate of drug-likeness (QED) is 0.458. The maximum Gasteiger partial charge on any atom is 0.195 e. The van der Waals surface area contributed by atoms with Gasteiger partial charge in [-0.2, -0.15) is 0 Å². The number of anilines is 1. The van der Waals surface area contributed by atoms with Gasteiger partial charge in [0.15, 0.2) is 5.78 Å². The normalized spacial score (nSPS) is 16.8. The number of aromatic nitrogens is 1. The topological polar surface area (TPSA) is 33.2 Å². The summed E-state index contributed by atoms with van der Waals surface area (Å²) in [4.78, 5) is 20.6. The molecule has 1 fully saturated rings. The number of piperidine rings is 1. The van der Waals surface area contributed by atoms with E-state index in [0.29, 0.717) is 10.6 Å². The molecule has 2 heterocycles. The van der Waals surface area contributed by atoms with Gasteiger partial charge in [-0.15, -0.1) is 0 Å². The molecule has 0 spiro atoms. The molecule has 0 amide bonds. The molecular formula is C22H19ClN2O. The molecule has 0 N–H and O–H groups in total. The van der Waals surface area contributed by atoms with Crippen molar-refractivity contribution in [3.05, 3.63) is 58.6 Å². The minimum absolute atomic E-state index is 0.0581. The largest absolute Gasteiger partial charge is 0.356 e. The van der Waals surface area contributed by atoms with E-state index in [-0.39, 0.29) is 5.78 Å². The Morgan fingerprint density at radius 2 is 1.81 bits per heavy atom. The van der Waals surface area contributed by atoms with Crippen molar-refractivity contribution in [1.82, 2.24) is 4.98 Å². The van der Waals surface area contributed by atoms with Crippen LogP contribution >= 0.6 is 11.6 Å². The SMILES string of the molecule is CC1CCN(c2nc3ccccc3c3c2-c2ccc(Cl)cc2C3=O)CC1. The van der Waals surface area contributed by atoms with Gasteiger partial charge in [0, 0.05) is 40.2 Å². The van der Waals surface area contributed by atoms with Crippen molar-refractivity contribution in [2.24, 2.45) is 5.92 Å². The average Bonchev–Trinajstić information content (AvgIpc) is 2.95. The van der Waals surface area contributed by atoms with Crippen molar-refractivity contribution in [2.45, 2.75) is 19.8 Å². The van der Waals surface area contributed by atoms with E-state index >= 15 is 0 Å². The number of rotatable bonds is 1. The Bertz CT molecular complexity index is 1050. The lowest BCUT2D eigenvalue weighted by atomic mass is 9.97. The van der Waals surface area contributed by atoms with Crippen molar-refractivity contribution >= 4 is 34.1 Å². The molecule has 1 saturated heterocycles. The van der Waals surface area contributed by atoms with Gasteiger partial charge in [-0.25, -0.2) is 4.98 Å². The van der Waals surface area contributed by atoms with Gasteiger partial charge in [0.05, 0.1) is 5.52 Å². The van der Waals surface area contributed by atoms with Gasteiger partial charge in [0.25, 0.3) is 0 Å². The summed E-state index contributed by atoms with van der Waals surface area (Å²) in [5.41, 5.74) is 4.29. The van der Waals surface area contributed by atoms with E-state index in [1.54, 1.807) is 6.07 Å². The zero-order valence-corrected chi connectivity index (χ0v) is 15.4. The minimum Gasteiger partial charge on any atom is -0.356 e. The highest BCUT2D eigenvalue weighted by Gasteiger charge is 2.34. The first-order chi connectivity index (χ1) is 12.6. The number of halogens is 1. The summed E-state index contributed by atoms with van der Waals surface area (Å²) in [6.45, 7) is 4.27. The van der Waals surface area contributed by atoms with Crippen LogP contribution in [-0.4, -0.2) is 23.9 Å². The van der Waals surface area contributed by atoms with E-state index in [9.17, 15) is 4.79 Å². The standard InChI is InChI=1S/C22H19ClN2O/c1-13-8-10-25(11-9-13)22-20-15-7-6-14(23)12-17(15)21(26)19(20)16-4-2-3-5-18(16)24-22/h2-7,12-13H,8-11H2,1H3. The summed E-state index contributed by atoms with van der Waals surface area (Å²) in [5.74, 6) is 1.75. The molecule has 0 saturated carbocycles. The van der Waals surface area contributed by atoms with E-state index < -0.39 is 0 Å².